The number of nitrogens with one attached hydrogen (secondary N) is 1. The standard InChI is InChI=1S/C14H25N5O2/c1-14(2,3)13-16-11(21-17-13)9-18(4)10-12(20)19-7-5-15-6-8-19/h15H,5-10H2,1-4H3. The average Bonchev–Trinajstić information content (AvgIpc) is 2.88. The van der Waals surface area contributed by atoms with Gasteiger partial charge in [0.25, 0.3) is 0 Å². The Morgan fingerprint density at radius 1 is 1.38 bits per heavy atom. The quantitative estimate of drug-likeness (QED) is 0.857. The molecule has 1 saturated heterocycles. The first-order valence-electron chi connectivity index (χ1n) is 7.36. The van der Waals surface area contributed by atoms with Gasteiger partial charge in [0.05, 0.1) is 13.1 Å². The van der Waals surface area contributed by atoms with E-state index in [4.69, 9.17) is 4.52 Å². The minimum absolute atomic E-state index is 0.128. The summed E-state index contributed by atoms with van der Waals surface area (Å²) < 4.78 is 5.25. The lowest BCUT2D eigenvalue weighted by Crippen LogP contribution is -2.49. The number of amides is 1. The largest absolute Gasteiger partial charge is 0.339 e. The van der Waals surface area contributed by atoms with Gasteiger partial charge in [-0.2, -0.15) is 4.98 Å². The molecule has 1 fully saturated rings. The van der Waals surface area contributed by atoms with Crippen molar-refractivity contribution in [1.29, 1.82) is 0 Å². The van der Waals surface area contributed by atoms with E-state index >= 15 is 0 Å². The molecule has 1 aliphatic rings. The number of hydrogen-bond acceptors (Lipinski definition) is 6. The number of likely N-dealkylation sites (N-methyl/N-ethyl adjacent to an activating group) is 1. The Morgan fingerprint density at radius 3 is 2.62 bits per heavy atom. The first-order chi connectivity index (χ1) is 9.86. The molecule has 1 amide bonds. The van der Waals surface area contributed by atoms with Gasteiger partial charge in [0.1, 0.15) is 0 Å². The lowest BCUT2D eigenvalue weighted by molar-refractivity contribution is -0.132. The van der Waals surface area contributed by atoms with Crippen LogP contribution >= 0.6 is 0 Å². The Hall–Kier alpha value is -1.47. The molecule has 1 aliphatic heterocycles. The molecule has 0 aliphatic carbocycles. The molecule has 2 heterocycles. The summed E-state index contributed by atoms with van der Waals surface area (Å²) in [5, 5.41) is 7.23. The zero-order valence-corrected chi connectivity index (χ0v) is 13.3. The highest BCUT2D eigenvalue weighted by Gasteiger charge is 2.22. The Bertz CT molecular complexity index is 474. The molecule has 118 valence electrons. The van der Waals surface area contributed by atoms with Gasteiger partial charge in [-0.1, -0.05) is 25.9 Å². The molecule has 7 heteroatoms. The van der Waals surface area contributed by atoms with Crippen LogP contribution in [0, 0.1) is 0 Å². The normalized spacial score (nSPS) is 16.5. The monoisotopic (exact) mass is 295 g/mol. The zero-order valence-electron chi connectivity index (χ0n) is 13.3. The average molecular weight is 295 g/mol. The molecule has 0 unspecified atom stereocenters. The summed E-state index contributed by atoms with van der Waals surface area (Å²) in [6.45, 7) is 10.3. The fraction of sp³-hybridized carbons (Fsp3) is 0.786. The van der Waals surface area contributed by atoms with E-state index in [1.807, 2.05) is 37.6 Å². The van der Waals surface area contributed by atoms with Crippen molar-refractivity contribution in [3.05, 3.63) is 11.7 Å². The minimum Gasteiger partial charge on any atom is -0.339 e. The molecule has 0 aromatic carbocycles. The molecule has 1 aromatic rings. The summed E-state index contributed by atoms with van der Waals surface area (Å²) in [5.74, 6) is 1.39. The van der Waals surface area contributed by atoms with Gasteiger partial charge in [-0.25, -0.2) is 0 Å². The molecule has 0 saturated carbocycles. The summed E-state index contributed by atoms with van der Waals surface area (Å²) in [5.41, 5.74) is -0.128. The van der Waals surface area contributed by atoms with Gasteiger partial charge in [-0.3, -0.25) is 9.69 Å². The van der Waals surface area contributed by atoms with Crippen LogP contribution in [0.15, 0.2) is 4.52 Å². The minimum atomic E-state index is -0.128. The maximum atomic E-state index is 12.2. The number of nitrogens with zero attached hydrogens (tertiary/aromatic N) is 4. The summed E-state index contributed by atoms with van der Waals surface area (Å²) in [7, 11) is 1.89. The Labute approximate surface area is 125 Å². The van der Waals surface area contributed by atoms with E-state index in [0.29, 0.717) is 24.8 Å². The molecule has 21 heavy (non-hydrogen) atoms. The SMILES string of the molecule is CN(CC(=O)N1CCNCC1)Cc1nc(C(C)(C)C)no1. The molecular formula is C14H25N5O2. The summed E-state index contributed by atoms with van der Waals surface area (Å²) in [6.07, 6.45) is 0. The van der Waals surface area contributed by atoms with Gasteiger partial charge >= 0.3 is 0 Å². The second-order valence-corrected chi connectivity index (χ2v) is 6.56. The van der Waals surface area contributed by atoms with Crippen LogP contribution in [-0.2, 0) is 16.8 Å². The van der Waals surface area contributed by atoms with Crippen LogP contribution in [0.25, 0.3) is 0 Å². The molecule has 0 atom stereocenters. The van der Waals surface area contributed by atoms with Gasteiger partial charge in [0.2, 0.25) is 11.8 Å². The maximum Gasteiger partial charge on any atom is 0.240 e. The number of rotatable bonds is 4. The first-order valence-corrected chi connectivity index (χ1v) is 7.36. The van der Waals surface area contributed by atoms with Crippen molar-refractivity contribution in [1.82, 2.24) is 25.3 Å². The lowest BCUT2D eigenvalue weighted by atomic mass is 9.96. The van der Waals surface area contributed by atoms with Crippen molar-refractivity contribution in [2.24, 2.45) is 0 Å². The first kappa shape index (κ1) is 15.9. The molecular weight excluding hydrogens is 270 g/mol. The molecule has 0 radical (unpaired) electrons. The molecule has 2 rings (SSSR count). The van der Waals surface area contributed by atoms with Crippen LogP contribution in [0.3, 0.4) is 0 Å². The third-order valence-electron chi connectivity index (χ3n) is 3.42. The van der Waals surface area contributed by atoms with Crippen molar-refractivity contribution in [3.63, 3.8) is 0 Å². The Balaban J connectivity index is 1.85. The van der Waals surface area contributed by atoms with Crippen molar-refractivity contribution in [2.75, 3.05) is 39.8 Å². The summed E-state index contributed by atoms with van der Waals surface area (Å²) >= 11 is 0. The summed E-state index contributed by atoms with van der Waals surface area (Å²) in [6, 6.07) is 0. The molecule has 0 bridgehead atoms. The number of aromatic nitrogens is 2. The maximum absolute atomic E-state index is 12.2. The van der Waals surface area contributed by atoms with Crippen molar-refractivity contribution in [2.45, 2.75) is 32.7 Å². The van der Waals surface area contributed by atoms with Crippen LogP contribution in [0.1, 0.15) is 32.5 Å². The van der Waals surface area contributed by atoms with Gasteiger partial charge in [0, 0.05) is 31.6 Å². The number of hydrogen-bond donors (Lipinski definition) is 1. The third kappa shape index (κ3) is 4.50. The highest BCUT2D eigenvalue weighted by Crippen LogP contribution is 2.18. The van der Waals surface area contributed by atoms with E-state index < -0.39 is 0 Å². The molecule has 1 N–H and O–H groups in total. The molecule has 1 aromatic heterocycles. The van der Waals surface area contributed by atoms with Crippen LogP contribution < -0.4 is 5.32 Å². The van der Waals surface area contributed by atoms with E-state index in [1.165, 1.54) is 0 Å². The van der Waals surface area contributed by atoms with Gasteiger partial charge in [-0.15, -0.1) is 0 Å². The number of carbonyl (C=O) groups excluding carboxylic acids is 1. The Morgan fingerprint density at radius 2 is 2.05 bits per heavy atom. The van der Waals surface area contributed by atoms with Gasteiger partial charge in [-0.05, 0) is 7.05 Å². The fourth-order valence-corrected chi connectivity index (χ4v) is 2.16. The van der Waals surface area contributed by atoms with E-state index in [-0.39, 0.29) is 11.3 Å². The topological polar surface area (TPSA) is 74.5 Å². The van der Waals surface area contributed by atoms with E-state index in [2.05, 4.69) is 15.5 Å². The van der Waals surface area contributed by atoms with Crippen LogP contribution in [-0.4, -0.2) is 65.6 Å². The number of carbonyl (C=O) groups is 1. The fourth-order valence-electron chi connectivity index (χ4n) is 2.16. The third-order valence-corrected chi connectivity index (χ3v) is 3.42. The van der Waals surface area contributed by atoms with Crippen LogP contribution in [0.5, 0.6) is 0 Å². The molecule has 7 nitrogen and oxygen atoms in total. The van der Waals surface area contributed by atoms with Crippen molar-refractivity contribution < 1.29 is 9.32 Å². The second kappa shape index (κ2) is 6.53. The lowest BCUT2D eigenvalue weighted by Gasteiger charge is -2.28. The van der Waals surface area contributed by atoms with Crippen molar-refractivity contribution in [3.8, 4) is 0 Å². The van der Waals surface area contributed by atoms with E-state index in [0.717, 1.165) is 26.2 Å². The van der Waals surface area contributed by atoms with Crippen molar-refractivity contribution >= 4 is 5.91 Å². The van der Waals surface area contributed by atoms with E-state index in [1.54, 1.807) is 0 Å². The zero-order chi connectivity index (χ0) is 15.5. The van der Waals surface area contributed by atoms with Gasteiger partial charge < -0.3 is 14.7 Å². The predicted octanol–water partition coefficient (Wildman–Crippen LogP) is 0.231. The highest BCUT2D eigenvalue weighted by molar-refractivity contribution is 5.78. The van der Waals surface area contributed by atoms with Crippen LogP contribution in [0.4, 0.5) is 0 Å². The smallest absolute Gasteiger partial charge is 0.240 e. The predicted molar refractivity (Wildman–Crippen MR) is 78.8 cm³/mol. The summed E-state index contributed by atoms with van der Waals surface area (Å²) in [4.78, 5) is 20.3. The Kier molecular flexibility index (Phi) is 4.95. The second-order valence-electron chi connectivity index (χ2n) is 6.56. The van der Waals surface area contributed by atoms with Gasteiger partial charge in [0.15, 0.2) is 5.82 Å². The van der Waals surface area contributed by atoms with E-state index in [9.17, 15) is 4.79 Å². The molecule has 0 spiro atoms. The number of piperazine rings is 1. The van der Waals surface area contributed by atoms with Crippen LogP contribution in [0.2, 0.25) is 0 Å². The highest BCUT2D eigenvalue weighted by atomic mass is 16.5.